The van der Waals surface area contributed by atoms with Crippen LogP contribution in [0.5, 0.6) is 5.75 Å². The van der Waals surface area contributed by atoms with Crippen molar-refractivity contribution in [2.45, 2.75) is 63.9 Å². The normalized spacial score (nSPS) is 19.5. The third kappa shape index (κ3) is 7.72. The van der Waals surface area contributed by atoms with Crippen molar-refractivity contribution in [1.29, 1.82) is 0 Å². The highest BCUT2D eigenvalue weighted by Crippen LogP contribution is 2.40. The number of benzene rings is 1. The number of alkyl halides is 3. The van der Waals surface area contributed by atoms with Crippen molar-refractivity contribution >= 4 is 15.7 Å². The van der Waals surface area contributed by atoms with Crippen molar-refractivity contribution in [2.24, 2.45) is 0 Å². The summed E-state index contributed by atoms with van der Waals surface area (Å²) in [4.78, 5) is 4.93. The quantitative estimate of drug-likeness (QED) is 0.252. The van der Waals surface area contributed by atoms with E-state index in [1.807, 2.05) is 6.08 Å². The van der Waals surface area contributed by atoms with Crippen LogP contribution < -0.4 is 4.18 Å². The van der Waals surface area contributed by atoms with Crippen molar-refractivity contribution in [1.82, 2.24) is 9.80 Å². The van der Waals surface area contributed by atoms with Crippen molar-refractivity contribution in [2.75, 3.05) is 32.8 Å². The molecule has 1 saturated heterocycles. The molecule has 4 rings (SSSR count). The molecule has 1 fully saturated rings. The maximum absolute atomic E-state index is 12.8. The lowest BCUT2D eigenvalue weighted by Gasteiger charge is -2.40. The van der Waals surface area contributed by atoms with Crippen molar-refractivity contribution in [3.05, 3.63) is 82.6 Å². The van der Waals surface area contributed by atoms with Crippen LogP contribution in [0.25, 0.3) is 5.57 Å². The minimum Gasteiger partial charge on any atom is -0.396 e. The van der Waals surface area contributed by atoms with Gasteiger partial charge in [-0.05, 0) is 98.4 Å². The van der Waals surface area contributed by atoms with Gasteiger partial charge in [-0.15, -0.1) is 0 Å². The van der Waals surface area contributed by atoms with Gasteiger partial charge in [-0.25, -0.2) is 0 Å². The van der Waals surface area contributed by atoms with Gasteiger partial charge in [0, 0.05) is 44.5 Å². The number of allylic oxidation sites excluding steroid dienone is 10. The molecule has 0 aromatic heterocycles. The molecule has 41 heavy (non-hydrogen) atoms. The summed E-state index contributed by atoms with van der Waals surface area (Å²) in [5.74, 6) is -0.400. The third-order valence-corrected chi connectivity index (χ3v) is 8.80. The molecular weight excluding hydrogens is 553 g/mol. The molecule has 0 bridgehead atoms. The molecule has 10 heteroatoms. The van der Waals surface area contributed by atoms with Gasteiger partial charge < -0.3 is 14.2 Å². The Morgan fingerprint density at radius 3 is 2.22 bits per heavy atom. The highest BCUT2D eigenvalue weighted by molar-refractivity contribution is 7.88. The van der Waals surface area contributed by atoms with Crippen LogP contribution in [-0.2, 0) is 10.1 Å². The second-order valence-electron chi connectivity index (χ2n) is 10.8. The van der Waals surface area contributed by atoms with Crippen molar-refractivity contribution < 1.29 is 30.9 Å². The molecular formula is C31H39F3N2O4S. The van der Waals surface area contributed by atoms with Gasteiger partial charge in [0.1, 0.15) is 5.75 Å². The van der Waals surface area contributed by atoms with E-state index in [1.54, 1.807) is 12.1 Å². The molecule has 0 atom stereocenters. The van der Waals surface area contributed by atoms with Gasteiger partial charge in [0.25, 0.3) is 0 Å². The standard InChI is InChI=1S/C31H39F3N2O4S/c1-23(2)35-18-20-36(21-19-35)27-14-10-25(11-15-27)30(29(9-6-22-37)24-7-4-3-5-8-24)26-12-16-28(17-13-26)40-41(38,39)31(32,33)34/h3-4,7,10,12-14,16-17,23,37H,5-6,8-9,11,15,18-22H2,1-2H3/b30-29+. The molecule has 1 aromatic carbocycles. The number of nitrogens with zero attached hydrogens (tertiary/aromatic N) is 2. The van der Waals surface area contributed by atoms with Gasteiger partial charge in [-0.2, -0.15) is 21.6 Å². The smallest absolute Gasteiger partial charge is 0.396 e. The molecule has 6 nitrogen and oxygen atoms in total. The van der Waals surface area contributed by atoms with Crippen LogP contribution in [0.2, 0.25) is 0 Å². The van der Waals surface area contributed by atoms with Crippen LogP contribution in [0.4, 0.5) is 13.2 Å². The van der Waals surface area contributed by atoms with Gasteiger partial charge in [0.05, 0.1) is 0 Å². The van der Waals surface area contributed by atoms with E-state index in [0.29, 0.717) is 18.9 Å². The van der Waals surface area contributed by atoms with Gasteiger partial charge in [0.15, 0.2) is 0 Å². The molecule has 0 radical (unpaired) electrons. The highest BCUT2D eigenvalue weighted by Gasteiger charge is 2.48. The monoisotopic (exact) mass is 592 g/mol. The average Bonchev–Trinajstić information content (AvgIpc) is 2.96. The molecule has 0 unspecified atom stereocenters. The van der Waals surface area contributed by atoms with Crippen LogP contribution in [0, 0.1) is 0 Å². The van der Waals surface area contributed by atoms with E-state index >= 15 is 0 Å². The molecule has 1 aromatic rings. The predicted octanol–water partition coefficient (Wildman–Crippen LogP) is 6.35. The number of rotatable bonds is 10. The second-order valence-corrected chi connectivity index (χ2v) is 12.4. The number of hydrogen-bond acceptors (Lipinski definition) is 6. The Morgan fingerprint density at radius 2 is 1.68 bits per heavy atom. The summed E-state index contributed by atoms with van der Waals surface area (Å²) < 4.78 is 65.9. The Labute approximate surface area is 241 Å². The molecule has 1 aliphatic heterocycles. The van der Waals surface area contributed by atoms with Gasteiger partial charge in [0.2, 0.25) is 0 Å². The summed E-state index contributed by atoms with van der Waals surface area (Å²) in [6.07, 6.45) is 15.1. The topological polar surface area (TPSA) is 70.1 Å². The van der Waals surface area contributed by atoms with Gasteiger partial charge >= 0.3 is 15.6 Å². The summed E-state index contributed by atoms with van der Waals surface area (Å²) in [6.45, 7) is 8.51. The lowest BCUT2D eigenvalue weighted by molar-refractivity contribution is -0.0500. The van der Waals surface area contributed by atoms with E-state index in [4.69, 9.17) is 0 Å². The van der Waals surface area contributed by atoms with Crippen LogP contribution >= 0.6 is 0 Å². The van der Waals surface area contributed by atoms with Crippen molar-refractivity contribution in [3.63, 3.8) is 0 Å². The zero-order valence-electron chi connectivity index (χ0n) is 23.7. The number of aliphatic hydroxyl groups is 1. The Hall–Kier alpha value is -2.82. The number of aliphatic hydroxyl groups excluding tert-OH is 1. The fourth-order valence-corrected chi connectivity index (χ4v) is 6.04. The van der Waals surface area contributed by atoms with Gasteiger partial charge in [-0.3, -0.25) is 4.90 Å². The summed E-state index contributed by atoms with van der Waals surface area (Å²) in [6, 6.07) is 6.27. The van der Waals surface area contributed by atoms with E-state index in [1.165, 1.54) is 17.8 Å². The summed E-state index contributed by atoms with van der Waals surface area (Å²) in [5.41, 5.74) is 0.894. The molecule has 1 heterocycles. The summed E-state index contributed by atoms with van der Waals surface area (Å²) >= 11 is 0. The zero-order valence-corrected chi connectivity index (χ0v) is 24.5. The number of hydrogen-bond donors (Lipinski definition) is 1. The van der Waals surface area contributed by atoms with Crippen LogP contribution in [0.3, 0.4) is 0 Å². The van der Waals surface area contributed by atoms with Crippen LogP contribution in [-0.4, -0.2) is 67.7 Å². The first-order chi connectivity index (χ1) is 19.5. The Kier molecular flexibility index (Phi) is 10.2. The summed E-state index contributed by atoms with van der Waals surface area (Å²) in [7, 11) is -5.76. The van der Waals surface area contributed by atoms with Crippen LogP contribution in [0.1, 0.15) is 57.9 Å². The SMILES string of the molecule is CC(C)N1CCN(C2=CC=C(/C(=C(/CCCO)C3=CC=CCC3)c3ccc(OS(=O)(=O)C(F)(F)F)cc3)CC2)CC1. The zero-order chi connectivity index (χ0) is 29.6. The number of piperazine rings is 1. The second kappa shape index (κ2) is 13.4. The fraction of sp³-hybridized carbons (Fsp3) is 0.484. The Balaban J connectivity index is 1.70. The molecule has 0 spiro atoms. The first-order valence-electron chi connectivity index (χ1n) is 14.2. The Bertz CT molecular complexity index is 1330. The van der Waals surface area contributed by atoms with E-state index in [9.17, 15) is 26.7 Å². The Morgan fingerprint density at radius 1 is 0.976 bits per heavy atom. The molecule has 224 valence electrons. The summed E-state index contributed by atoms with van der Waals surface area (Å²) in [5, 5.41) is 9.66. The molecule has 0 saturated carbocycles. The largest absolute Gasteiger partial charge is 0.534 e. The first kappa shape index (κ1) is 31.1. The molecule has 0 amide bonds. The minimum atomic E-state index is -5.76. The van der Waals surface area contributed by atoms with E-state index in [0.717, 1.165) is 79.7 Å². The van der Waals surface area contributed by atoms with E-state index in [2.05, 4.69) is 52.1 Å². The molecule has 3 aliphatic rings. The fourth-order valence-electron chi connectivity index (χ4n) is 5.58. The average molecular weight is 593 g/mol. The maximum atomic E-state index is 12.8. The van der Waals surface area contributed by atoms with Gasteiger partial charge in [-0.1, -0.05) is 36.4 Å². The molecule has 2 aliphatic carbocycles. The number of halogens is 3. The van der Waals surface area contributed by atoms with E-state index in [-0.39, 0.29) is 6.61 Å². The third-order valence-electron chi connectivity index (χ3n) is 7.82. The maximum Gasteiger partial charge on any atom is 0.534 e. The molecule has 1 N–H and O–H groups in total. The minimum absolute atomic E-state index is 0.0352. The lowest BCUT2D eigenvalue weighted by Crippen LogP contribution is -2.48. The van der Waals surface area contributed by atoms with Crippen LogP contribution in [0.15, 0.2) is 77.1 Å². The van der Waals surface area contributed by atoms with Crippen molar-refractivity contribution in [3.8, 4) is 5.75 Å². The lowest BCUT2D eigenvalue weighted by atomic mass is 9.81. The highest BCUT2D eigenvalue weighted by atomic mass is 32.2. The van der Waals surface area contributed by atoms with E-state index < -0.39 is 21.4 Å². The first-order valence-corrected chi connectivity index (χ1v) is 15.6. The predicted molar refractivity (Wildman–Crippen MR) is 155 cm³/mol.